The predicted molar refractivity (Wildman–Crippen MR) is 103 cm³/mol. The minimum absolute atomic E-state index is 0.310. The van der Waals surface area contributed by atoms with Crippen molar-refractivity contribution in [2.75, 3.05) is 13.1 Å². The molecule has 1 saturated heterocycles. The topological polar surface area (TPSA) is 48.3 Å². The number of hydrogen-bond donors (Lipinski definition) is 1. The summed E-state index contributed by atoms with van der Waals surface area (Å²) in [6.07, 6.45) is 0.619. The number of ether oxygens (including phenoxy) is 1. The average molecular weight is 349 g/mol. The Kier molecular flexibility index (Phi) is 6.40. The van der Waals surface area contributed by atoms with E-state index in [-0.39, 0.29) is 0 Å². The average Bonchev–Trinajstić information content (AvgIpc) is 2.63. The van der Waals surface area contributed by atoms with E-state index >= 15 is 0 Å². The fourth-order valence-electron chi connectivity index (χ4n) is 3.48. The molecule has 0 unspecified atom stereocenters. The van der Waals surface area contributed by atoms with E-state index in [0.29, 0.717) is 17.8 Å². The van der Waals surface area contributed by atoms with Crippen molar-refractivity contribution < 1.29 is 4.74 Å². The summed E-state index contributed by atoms with van der Waals surface area (Å²) in [6.45, 7) is 8.91. The molecule has 1 fully saturated rings. The molecule has 26 heavy (non-hydrogen) atoms. The van der Waals surface area contributed by atoms with Crippen LogP contribution in [0.4, 0.5) is 0 Å². The molecule has 4 nitrogen and oxygen atoms in total. The van der Waals surface area contributed by atoms with Gasteiger partial charge in [0.25, 0.3) is 0 Å². The number of nitriles is 1. The van der Waals surface area contributed by atoms with Gasteiger partial charge in [0.05, 0.1) is 23.8 Å². The van der Waals surface area contributed by atoms with Crippen molar-refractivity contribution in [3.8, 4) is 6.07 Å². The summed E-state index contributed by atoms with van der Waals surface area (Å²) < 4.78 is 5.80. The van der Waals surface area contributed by atoms with Gasteiger partial charge in [-0.25, -0.2) is 0 Å². The van der Waals surface area contributed by atoms with Gasteiger partial charge in [0.15, 0.2) is 0 Å². The minimum atomic E-state index is 0.310. The molecule has 2 aromatic rings. The number of nitrogens with zero attached hydrogens (tertiary/aromatic N) is 2. The van der Waals surface area contributed by atoms with Gasteiger partial charge in [0.1, 0.15) is 0 Å². The van der Waals surface area contributed by atoms with Crippen molar-refractivity contribution in [2.45, 2.75) is 45.7 Å². The van der Waals surface area contributed by atoms with Gasteiger partial charge in [-0.1, -0.05) is 36.4 Å². The van der Waals surface area contributed by atoms with E-state index in [4.69, 9.17) is 10.00 Å². The van der Waals surface area contributed by atoms with Crippen LogP contribution in [0.15, 0.2) is 48.5 Å². The summed E-state index contributed by atoms with van der Waals surface area (Å²) >= 11 is 0. The van der Waals surface area contributed by atoms with Crippen LogP contribution in [0, 0.1) is 11.3 Å². The molecule has 0 saturated carbocycles. The summed E-state index contributed by atoms with van der Waals surface area (Å²) in [5.74, 6) is 0. The molecule has 0 amide bonds. The first-order valence-corrected chi connectivity index (χ1v) is 9.28. The summed E-state index contributed by atoms with van der Waals surface area (Å²) in [5.41, 5.74) is 4.53. The zero-order valence-corrected chi connectivity index (χ0v) is 15.6. The number of morpholine rings is 1. The molecule has 1 aliphatic heterocycles. The van der Waals surface area contributed by atoms with Crippen molar-refractivity contribution in [3.63, 3.8) is 0 Å². The Morgan fingerprint density at radius 2 is 1.42 bits per heavy atom. The number of nitrogens with one attached hydrogen (secondary N) is 1. The minimum Gasteiger partial charge on any atom is -0.373 e. The zero-order chi connectivity index (χ0) is 18.4. The van der Waals surface area contributed by atoms with Crippen molar-refractivity contribution in [3.05, 3.63) is 70.8 Å². The first kappa shape index (κ1) is 18.6. The van der Waals surface area contributed by atoms with E-state index in [1.165, 1.54) is 16.7 Å². The summed E-state index contributed by atoms with van der Waals surface area (Å²) in [5, 5.41) is 12.3. The van der Waals surface area contributed by atoms with E-state index in [1.54, 1.807) is 0 Å². The van der Waals surface area contributed by atoms with Crippen molar-refractivity contribution in [1.82, 2.24) is 10.2 Å². The van der Waals surface area contributed by atoms with Crippen LogP contribution in [0.5, 0.6) is 0 Å². The van der Waals surface area contributed by atoms with Crippen LogP contribution in [-0.2, 0) is 24.4 Å². The van der Waals surface area contributed by atoms with Crippen LogP contribution >= 0.6 is 0 Å². The number of benzene rings is 2. The highest BCUT2D eigenvalue weighted by Gasteiger charge is 2.21. The zero-order valence-electron chi connectivity index (χ0n) is 15.6. The van der Waals surface area contributed by atoms with Gasteiger partial charge in [0, 0.05) is 32.7 Å². The van der Waals surface area contributed by atoms with E-state index in [0.717, 1.165) is 32.7 Å². The second kappa shape index (κ2) is 8.95. The lowest BCUT2D eigenvalue weighted by Crippen LogP contribution is -2.44. The molecule has 0 aliphatic carbocycles. The van der Waals surface area contributed by atoms with Gasteiger partial charge >= 0.3 is 0 Å². The maximum absolute atomic E-state index is 8.83. The summed E-state index contributed by atoms with van der Waals surface area (Å²) in [7, 11) is 0. The Bertz CT molecular complexity index is 723. The van der Waals surface area contributed by atoms with Gasteiger partial charge in [-0.2, -0.15) is 5.26 Å². The largest absolute Gasteiger partial charge is 0.373 e. The molecule has 4 heteroatoms. The highest BCUT2D eigenvalue weighted by molar-refractivity contribution is 5.31. The lowest BCUT2D eigenvalue weighted by molar-refractivity contribution is -0.0704. The lowest BCUT2D eigenvalue weighted by atomic mass is 10.1. The molecule has 0 spiro atoms. The second-order valence-corrected chi connectivity index (χ2v) is 7.18. The Morgan fingerprint density at radius 1 is 0.923 bits per heavy atom. The lowest BCUT2D eigenvalue weighted by Gasteiger charge is -2.35. The third-order valence-corrected chi connectivity index (χ3v) is 4.67. The predicted octanol–water partition coefficient (Wildman–Crippen LogP) is 3.46. The van der Waals surface area contributed by atoms with Crippen molar-refractivity contribution >= 4 is 0 Å². The molecular formula is C22H27N3O. The molecule has 0 bridgehead atoms. The van der Waals surface area contributed by atoms with Gasteiger partial charge in [-0.3, -0.25) is 4.90 Å². The van der Waals surface area contributed by atoms with E-state index in [9.17, 15) is 0 Å². The third kappa shape index (κ3) is 5.40. The van der Waals surface area contributed by atoms with Gasteiger partial charge in [-0.05, 0) is 42.7 Å². The molecule has 2 atom stereocenters. The quantitative estimate of drug-likeness (QED) is 0.868. The smallest absolute Gasteiger partial charge is 0.0991 e. The first-order chi connectivity index (χ1) is 12.6. The Morgan fingerprint density at radius 3 is 1.96 bits per heavy atom. The van der Waals surface area contributed by atoms with Gasteiger partial charge in [-0.15, -0.1) is 0 Å². The maximum atomic E-state index is 8.83. The Labute approximate surface area is 156 Å². The SMILES string of the molecule is C[C@@H]1CN(Cc2ccc(CNCc3ccc(C#N)cc3)cc2)C[C@H](C)O1. The standard InChI is InChI=1S/C22H27N3O/c1-17-14-25(15-18(2)26-17)16-22-9-7-21(8-10-22)13-24-12-20-5-3-19(11-23)4-6-20/h3-10,17-18,24H,12-16H2,1-2H3/t17-,18+. The molecule has 1 aliphatic rings. The molecule has 1 heterocycles. The maximum Gasteiger partial charge on any atom is 0.0991 e. The second-order valence-electron chi connectivity index (χ2n) is 7.18. The molecule has 2 aromatic carbocycles. The Hall–Kier alpha value is -2.19. The third-order valence-electron chi connectivity index (χ3n) is 4.67. The molecule has 136 valence electrons. The van der Waals surface area contributed by atoms with Gasteiger partial charge < -0.3 is 10.1 Å². The molecule has 0 aromatic heterocycles. The van der Waals surface area contributed by atoms with Crippen LogP contribution in [-0.4, -0.2) is 30.2 Å². The highest BCUT2D eigenvalue weighted by atomic mass is 16.5. The molecule has 0 radical (unpaired) electrons. The normalized spacial score (nSPS) is 20.7. The molecule has 3 rings (SSSR count). The Balaban J connectivity index is 1.46. The van der Waals surface area contributed by atoms with E-state index in [1.807, 2.05) is 24.3 Å². The van der Waals surface area contributed by atoms with Gasteiger partial charge in [0.2, 0.25) is 0 Å². The van der Waals surface area contributed by atoms with Crippen LogP contribution in [0.25, 0.3) is 0 Å². The van der Waals surface area contributed by atoms with Crippen LogP contribution in [0.1, 0.15) is 36.1 Å². The number of hydrogen-bond acceptors (Lipinski definition) is 4. The molecular weight excluding hydrogens is 322 g/mol. The van der Waals surface area contributed by atoms with E-state index < -0.39 is 0 Å². The molecule has 1 N–H and O–H groups in total. The summed E-state index contributed by atoms with van der Waals surface area (Å²) in [4.78, 5) is 2.47. The van der Waals surface area contributed by atoms with Crippen LogP contribution < -0.4 is 5.32 Å². The fraction of sp³-hybridized carbons (Fsp3) is 0.409. The first-order valence-electron chi connectivity index (χ1n) is 9.28. The monoisotopic (exact) mass is 349 g/mol. The number of rotatable bonds is 6. The highest BCUT2D eigenvalue weighted by Crippen LogP contribution is 2.15. The van der Waals surface area contributed by atoms with Crippen molar-refractivity contribution in [1.29, 1.82) is 5.26 Å². The van der Waals surface area contributed by atoms with Crippen LogP contribution in [0.2, 0.25) is 0 Å². The summed E-state index contributed by atoms with van der Waals surface area (Å²) in [6, 6.07) is 18.7. The van der Waals surface area contributed by atoms with Crippen LogP contribution in [0.3, 0.4) is 0 Å². The van der Waals surface area contributed by atoms with Crippen molar-refractivity contribution in [2.24, 2.45) is 0 Å². The van der Waals surface area contributed by atoms with E-state index in [2.05, 4.69) is 54.4 Å². The fourth-order valence-corrected chi connectivity index (χ4v) is 3.48.